The summed E-state index contributed by atoms with van der Waals surface area (Å²) >= 11 is 0. The Morgan fingerprint density at radius 2 is 1.93 bits per heavy atom. The molecule has 0 fully saturated rings. The number of benzene rings is 1. The van der Waals surface area contributed by atoms with Gasteiger partial charge in [0, 0.05) is 0 Å². The van der Waals surface area contributed by atoms with E-state index in [1.165, 1.54) is 0 Å². The van der Waals surface area contributed by atoms with Gasteiger partial charge in [-0.15, -0.1) is 0 Å². The molecule has 76 valence electrons. The van der Waals surface area contributed by atoms with Crippen molar-refractivity contribution in [3.8, 4) is 0 Å². The van der Waals surface area contributed by atoms with Crippen LogP contribution in [0, 0.1) is 0 Å². The zero-order valence-electron chi connectivity index (χ0n) is 7.08. The molecule has 0 saturated carbocycles. The van der Waals surface area contributed by atoms with Gasteiger partial charge in [-0.1, -0.05) is 18.2 Å². The van der Waals surface area contributed by atoms with Crippen LogP contribution < -0.4 is 11.0 Å². The summed E-state index contributed by atoms with van der Waals surface area (Å²) in [5, 5.41) is 3.21. The molecule has 1 aromatic carbocycles. The second-order valence-corrected chi connectivity index (χ2v) is 3.59. The molecular formula is C7H9N3O3S. The van der Waals surface area contributed by atoms with Crippen LogP contribution in [-0.4, -0.2) is 18.5 Å². The van der Waals surface area contributed by atoms with Crippen LogP contribution in [0.4, 0.5) is 5.69 Å². The van der Waals surface area contributed by atoms with Gasteiger partial charge in [-0.3, -0.25) is 9.98 Å². The lowest BCUT2D eigenvalue weighted by Crippen LogP contribution is -2.16. The second kappa shape index (κ2) is 4.58. The minimum atomic E-state index is -4.17. The quantitative estimate of drug-likeness (QED) is 0.293. The fourth-order valence-electron chi connectivity index (χ4n) is 0.711. The molecule has 6 nitrogen and oxygen atoms in total. The Hall–Kier alpha value is -1.60. The van der Waals surface area contributed by atoms with Crippen molar-refractivity contribution in [1.29, 1.82) is 0 Å². The van der Waals surface area contributed by atoms with Crippen molar-refractivity contribution in [3.05, 3.63) is 30.3 Å². The molecule has 3 N–H and O–H groups in total. The van der Waals surface area contributed by atoms with E-state index in [2.05, 4.69) is 16.1 Å². The van der Waals surface area contributed by atoms with Crippen molar-refractivity contribution in [2.45, 2.75) is 0 Å². The minimum Gasteiger partial charge on any atom is -0.285 e. The number of rotatable bonds is 4. The monoisotopic (exact) mass is 215 g/mol. The highest BCUT2D eigenvalue weighted by atomic mass is 32.2. The molecule has 0 bridgehead atoms. The first-order chi connectivity index (χ1) is 6.58. The topological polar surface area (TPSA) is 90.8 Å². The Morgan fingerprint density at radius 3 is 2.50 bits per heavy atom. The maximum absolute atomic E-state index is 10.2. The van der Waals surface area contributed by atoms with Gasteiger partial charge in [-0.2, -0.15) is 13.5 Å². The van der Waals surface area contributed by atoms with Crippen LogP contribution in [0.2, 0.25) is 0 Å². The van der Waals surface area contributed by atoms with Gasteiger partial charge in [0.1, 0.15) is 0 Å². The van der Waals surface area contributed by atoms with Crippen molar-refractivity contribution in [3.63, 3.8) is 0 Å². The van der Waals surface area contributed by atoms with E-state index in [0.29, 0.717) is 5.55 Å². The maximum atomic E-state index is 10.2. The molecule has 0 saturated heterocycles. The molecule has 1 rings (SSSR count). The summed E-state index contributed by atoms with van der Waals surface area (Å²) in [5.74, 6) is 0. The van der Waals surface area contributed by atoms with Crippen molar-refractivity contribution >= 4 is 21.4 Å². The van der Waals surface area contributed by atoms with Crippen LogP contribution in [-0.2, 0) is 10.1 Å². The van der Waals surface area contributed by atoms with Crippen molar-refractivity contribution in [2.75, 3.05) is 5.43 Å². The normalized spacial score (nSPS) is 11.5. The molecule has 7 heteroatoms. The fourth-order valence-corrected chi connectivity index (χ4v) is 0.897. The number of nitrogens with zero attached hydrogens (tertiary/aromatic N) is 1. The van der Waals surface area contributed by atoms with Gasteiger partial charge in [0.05, 0.1) is 5.69 Å². The van der Waals surface area contributed by atoms with Gasteiger partial charge in [0.25, 0.3) is 0 Å². The minimum absolute atomic E-state index is 0.392. The molecule has 0 aromatic heterocycles. The van der Waals surface area contributed by atoms with Gasteiger partial charge in [-0.05, 0) is 12.1 Å². The highest BCUT2D eigenvalue weighted by Crippen LogP contribution is 2.01. The van der Waals surface area contributed by atoms with E-state index >= 15 is 0 Å². The summed E-state index contributed by atoms with van der Waals surface area (Å²) in [7, 11) is -4.17. The van der Waals surface area contributed by atoms with Crippen molar-refractivity contribution < 1.29 is 13.0 Å². The van der Waals surface area contributed by atoms with Gasteiger partial charge in [0.2, 0.25) is 0 Å². The smallest absolute Gasteiger partial charge is 0.285 e. The molecular weight excluding hydrogens is 206 g/mol. The van der Waals surface area contributed by atoms with E-state index < -0.39 is 10.1 Å². The Labute approximate surface area is 81.4 Å². The predicted octanol–water partition coefficient (Wildman–Crippen LogP) is 0.434. The van der Waals surface area contributed by atoms with Crippen LogP contribution in [0.15, 0.2) is 35.4 Å². The maximum Gasteiger partial charge on any atom is 0.306 e. The number of hydrogen-bond donors (Lipinski definition) is 3. The van der Waals surface area contributed by atoms with Crippen LogP contribution in [0.1, 0.15) is 0 Å². The molecule has 0 aliphatic carbocycles. The standard InChI is InChI=1S/C7H9N3O3S/c11-14(12,13)6-8-10-9-7-4-2-1-3-5-7/h1-6,9-10H,(H,11,12,13)/b8-6+. The van der Waals surface area contributed by atoms with E-state index in [4.69, 9.17) is 4.55 Å². The number of para-hydroxylation sites is 1. The Kier molecular flexibility index (Phi) is 3.43. The third-order valence-corrected chi connectivity index (χ3v) is 1.60. The van der Waals surface area contributed by atoms with Crippen LogP contribution in [0.3, 0.4) is 0 Å². The van der Waals surface area contributed by atoms with Crippen LogP contribution in [0.25, 0.3) is 0 Å². The highest BCUT2D eigenvalue weighted by Gasteiger charge is 1.95. The second-order valence-electron chi connectivity index (χ2n) is 2.35. The SMILES string of the molecule is O=S(=O)(O)/C=N/NNc1ccccc1. The number of hydrogen-bond acceptors (Lipinski definition) is 5. The first-order valence-corrected chi connectivity index (χ1v) is 5.15. The highest BCUT2D eigenvalue weighted by molar-refractivity contribution is 7.99. The Bertz CT molecular complexity index is 401. The molecule has 14 heavy (non-hydrogen) atoms. The zero-order valence-corrected chi connectivity index (χ0v) is 7.90. The average molecular weight is 215 g/mol. The van der Waals surface area contributed by atoms with Crippen LogP contribution in [0.5, 0.6) is 0 Å². The molecule has 0 atom stereocenters. The zero-order chi connectivity index (χ0) is 10.4. The van der Waals surface area contributed by atoms with Crippen molar-refractivity contribution in [2.24, 2.45) is 5.10 Å². The lowest BCUT2D eigenvalue weighted by atomic mass is 10.3. The number of anilines is 1. The van der Waals surface area contributed by atoms with Gasteiger partial charge in [0.15, 0.2) is 5.55 Å². The summed E-state index contributed by atoms with van der Waals surface area (Å²) in [5.41, 5.74) is 5.95. The number of hydrazone groups is 1. The first-order valence-electron chi connectivity index (χ1n) is 3.64. The third kappa shape index (κ3) is 4.43. The Morgan fingerprint density at radius 1 is 1.29 bits per heavy atom. The van der Waals surface area contributed by atoms with E-state index in [0.717, 1.165) is 5.69 Å². The summed E-state index contributed by atoms with van der Waals surface area (Å²) in [6.45, 7) is 0. The predicted molar refractivity (Wildman–Crippen MR) is 53.2 cm³/mol. The summed E-state index contributed by atoms with van der Waals surface area (Å²) < 4.78 is 28.6. The lowest BCUT2D eigenvalue weighted by molar-refractivity contribution is 0.499. The van der Waals surface area contributed by atoms with E-state index in [1.807, 2.05) is 6.07 Å². The number of nitrogens with one attached hydrogen (secondary N) is 2. The van der Waals surface area contributed by atoms with Gasteiger partial charge < -0.3 is 0 Å². The van der Waals surface area contributed by atoms with E-state index in [-0.39, 0.29) is 0 Å². The van der Waals surface area contributed by atoms with Crippen molar-refractivity contribution in [1.82, 2.24) is 5.53 Å². The van der Waals surface area contributed by atoms with Gasteiger partial charge in [-0.25, -0.2) is 5.53 Å². The van der Waals surface area contributed by atoms with E-state index in [1.54, 1.807) is 24.3 Å². The summed E-state index contributed by atoms with van der Waals surface area (Å²) in [6.07, 6.45) is 0. The first kappa shape index (κ1) is 10.5. The largest absolute Gasteiger partial charge is 0.306 e. The fraction of sp³-hybridized carbons (Fsp3) is 0. The summed E-state index contributed by atoms with van der Waals surface area (Å²) in [4.78, 5) is 0. The molecule has 0 aliphatic heterocycles. The molecule has 0 radical (unpaired) electrons. The molecule has 0 spiro atoms. The molecule has 0 heterocycles. The Balaban J connectivity index is 2.40. The number of hydrazine groups is 1. The molecule has 1 aromatic rings. The lowest BCUT2D eigenvalue weighted by Gasteiger charge is -2.02. The third-order valence-electron chi connectivity index (χ3n) is 1.22. The summed E-state index contributed by atoms with van der Waals surface area (Å²) in [6, 6.07) is 8.96. The van der Waals surface area contributed by atoms with Gasteiger partial charge >= 0.3 is 10.1 Å². The van der Waals surface area contributed by atoms with Crippen LogP contribution >= 0.6 is 0 Å². The average Bonchev–Trinajstić information content (AvgIpc) is 2.13. The van der Waals surface area contributed by atoms with E-state index in [9.17, 15) is 8.42 Å². The molecule has 0 amide bonds. The molecule has 0 aliphatic rings. The molecule has 0 unspecified atom stereocenters.